The number of nitrogens with zero attached hydrogens (tertiary/aromatic N) is 4. The number of carbonyl (C=O) groups excluding carboxylic acids is 2. The average molecular weight is 359 g/mol. The summed E-state index contributed by atoms with van der Waals surface area (Å²) in [4.78, 5) is 26.5. The lowest BCUT2D eigenvalue weighted by Crippen LogP contribution is -2.45. The van der Waals surface area contributed by atoms with Crippen LogP contribution in [0.3, 0.4) is 0 Å². The Morgan fingerprint density at radius 2 is 2.12 bits per heavy atom. The third-order valence-electron chi connectivity index (χ3n) is 4.67. The van der Waals surface area contributed by atoms with Gasteiger partial charge in [-0.25, -0.2) is 0 Å². The van der Waals surface area contributed by atoms with Crippen molar-refractivity contribution in [2.24, 2.45) is 5.92 Å². The summed E-state index contributed by atoms with van der Waals surface area (Å²) in [6, 6.07) is 3.58. The Bertz CT molecular complexity index is 795. The maximum Gasteiger partial charge on any atom is 0.273 e. The molecule has 0 aliphatic carbocycles. The zero-order chi connectivity index (χ0) is 18.7. The number of nitrogens with one attached hydrogen (secondary N) is 1. The van der Waals surface area contributed by atoms with Gasteiger partial charge in [0.15, 0.2) is 5.69 Å². The summed E-state index contributed by atoms with van der Waals surface area (Å²) in [6.07, 6.45) is 1.92. The van der Waals surface area contributed by atoms with Crippen molar-refractivity contribution in [2.75, 3.05) is 19.6 Å². The first-order valence-electron chi connectivity index (χ1n) is 8.92. The van der Waals surface area contributed by atoms with Gasteiger partial charge in [-0.3, -0.25) is 14.3 Å². The summed E-state index contributed by atoms with van der Waals surface area (Å²) >= 11 is 0. The Morgan fingerprint density at radius 1 is 1.31 bits per heavy atom. The van der Waals surface area contributed by atoms with Gasteiger partial charge in [0.2, 0.25) is 5.91 Å². The van der Waals surface area contributed by atoms with Gasteiger partial charge in [0.05, 0.1) is 5.69 Å². The topological polar surface area (TPSA) is 93.3 Å². The minimum Gasteiger partial charge on any atom is -0.361 e. The molecule has 3 rings (SSSR count). The van der Waals surface area contributed by atoms with Crippen LogP contribution in [0.2, 0.25) is 0 Å². The normalized spacial score (nSPS) is 17.3. The largest absolute Gasteiger partial charge is 0.361 e. The van der Waals surface area contributed by atoms with Gasteiger partial charge in [0.1, 0.15) is 12.3 Å². The van der Waals surface area contributed by atoms with Gasteiger partial charge in [0, 0.05) is 31.4 Å². The highest BCUT2D eigenvalue weighted by Gasteiger charge is 2.25. The minimum absolute atomic E-state index is 0.0688. The van der Waals surface area contributed by atoms with Crippen molar-refractivity contribution in [3.63, 3.8) is 0 Å². The van der Waals surface area contributed by atoms with E-state index in [1.54, 1.807) is 17.7 Å². The molecule has 140 valence electrons. The van der Waals surface area contributed by atoms with E-state index in [-0.39, 0.29) is 30.0 Å². The summed E-state index contributed by atoms with van der Waals surface area (Å²) in [5, 5.41) is 11.0. The van der Waals surface area contributed by atoms with E-state index in [4.69, 9.17) is 4.52 Å². The Hall–Kier alpha value is -2.64. The Morgan fingerprint density at radius 3 is 2.77 bits per heavy atom. The first-order valence-corrected chi connectivity index (χ1v) is 8.92. The van der Waals surface area contributed by atoms with Crippen molar-refractivity contribution in [2.45, 2.75) is 40.2 Å². The lowest BCUT2D eigenvalue weighted by molar-refractivity contribution is -0.133. The molecular weight excluding hydrogens is 334 g/mol. The zero-order valence-electron chi connectivity index (χ0n) is 15.5. The number of hydrogen-bond acceptors (Lipinski definition) is 5. The molecular formula is C18H25N5O3. The summed E-state index contributed by atoms with van der Waals surface area (Å²) in [5.74, 6) is 0.672. The smallest absolute Gasteiger partial charge is 0.273 e. The molecule has 0 spiro atoms. The molecule has 8 heteroatoms. The predicted octanol–water partition coefficient (Wildman–Crippen LogP) is 1.46. The molecule has 8 nitrogen and oxygen atoms in total. The van der Waals surface area contributed by atoms with E-state index in [0.29, 0.717) is 18.8 Å². The molecule has 1 aliphatic heterocycles. The monoisotopic (exact) mass is 359 g/mol. The van der Waals surface area contributed by atoms with Crippen LogP contribution in [0.25, 0.3) is 0 Å². The zero-order valence-corrected chi connectivity index (χ0v) is 15.5. The van der Waals surface area contributed by atoms with Gasteiger partial charge >= 0.3 is 0 Å². The molecule has 2 aromatic rings. The fourth-order valence-corrected chi connectivity index (χ4v) is 3.32. The molecule has 0 unspecified atom stereocenters. The highest BCUT2D eigenvalue weighted by Crippen LogP contribution is 2.17. The highest BCUT2D eigenvalue weighted by molar-refractivity contribution is 5.92. The van der Waals surface area contributed by atoms with Gasteiger partial charge in [-0.2, -0.15) is 5.10 Å². The van der Waals surface area contributed by atoms with Crippen molar-refractivity contribution in [3.05, 3.63) is 35.0 Å². The fraction of sp³-hybridized carbons (Fsp3) is 0.556. The lowest BCUT2D eigenvalue weighted by atomic mass is 9.98. The molecule has 1 N–H and O–H groups in total. The third-order valence-corrected chi connectivity index (χ3v) is 4.67. The fourth-order valence-electron chi connectivity index (χ4n) is 3.32. The van der Waals surface area contributed by atoms with E-state index in [2.05, 4.69) is 15.6 Å². The lowest BCUT2D eigenvalue weighted by Gasteiger charge is -2.33. The molecule has 26 heavy (non-hydrogen) atoms. The second-order valence-electron chi connectivity index (χ2n) is 6.97. The van der Waals surface area contributed by atoms with E-state index >= 15 is 0 Å². The molecule has 1 fully saturated rings. The standard InChI is InChI=1S/C18H25N5O3/c1-12-7-13(2)23(20-12)11-17(24)22-6-4-5-15(10-22)9-19-18(25)16-8-14(3)26-21-16/h7-8,15H,4-6,9-11H2,1-3H3,(H,19,25)/t15-/m1/s1. The molecule has 2 aromatic heterocycles. The first-order chi connectivity index (χ1) is 12.4. The maximum absolute atomic E-state index is 12.6. The van der Waals surface area contributed by atoms with Crippen LogP contribution < -0.4 is 5.32 Å². The molecule has 0 aromatic carbocycles. The predicted molar refractivity (Wildman–Crippen MR) is 94.6 cm³/mol. The summed E-state index contributed by atoms with van der Waals surface area (Å²) in [5.41, 5.74) is 2.19. The minimum atomic E-state index is -0.243. The second-order valence-corrected chi connectivity index (χ2v) is 6.97. The summed E-state index contributed by atoms with van der Waals surface area (Å²) in [6.45, 7) is 7.81. The van der Waals surface area contributed by atoms with Crippen LogP contribution >= 0.6 is 0 Å². The van der Waals surface area contributed by atoms with E-state index in [0.717, 1.165) is 30.8 Å². The maximum atomic E-state index is 12.6. The van der Waals surface area contributed by atoms with Crippen LogP contribution in [0.15, 0.2) is 16.7 Å². The van der Waals surface area contributed by atoms with Gasteiger partial charge in [-0.1, -0.05) is 5.16 Å². The first kappa shape index (κ1) is 18.2. The number of aryl methyl sites for hydroxylation is 3. The van der Waals surface area contributed by atoms with Crippen molar-refractivity contribution in [1.29, 1.82) is 0 Å². The molecule has 3 heterocycles. The molecule has 1 aliphatic rings. The average Bonchev–Trinajstić information content (AvgIpc) is 3.18. The number of amides is 2. The quantitative estimate of drug-likeness (QED) is 0.872. The Kier molecular flexibility index (Phi) is 5.39. The van der Waals surface area contributed by atoms with Crippen LogP contribution in [0.4, 0.5) is 0 Å². The molecule has 0 saturated carbocycles. The van der Waals surface area contributed by atoms with Gasteiger partial charge in [-0.15, -0.1) is 0 Å². The van der Waals surface area contributed by atoms with Crippen LogP contribution in [0.1, 0.15) is 40.5 Å². The molecule has 1 atom stereocenters. The van der Waals surface area contributed by atoms with Gasteiger partial charge < -0.3 is 14.7 Å². The summed E-state index contributed by atoms with van der Waals surface area (Å²) in [7, 11) is 0. The number of piperidine rings is 1. The Labute approximate surface area is 152 Å². The van der Waals surface area contributed by atoms with Gasteiger partial charge in [0.25, 0.3) is 5.91 Å². The second kappa shape index (κ2) is 7.72. The van der Waals surface area contributed by atoms with Crippen LogP contribution in [0, 0.1) is 26.7 Å². The van der Waals surface area contributed by atoms with Crippen LogP contribution in [-0.4, -0.2) is 51.3 Å². The van der Waals surface area contributed by atoms with Crippen LogP contribution in [-0.2, 0) is 11.3 Å². The van der Waals surface area contributed by atoms with E-state index in [9.17, 15) is 9.59 Å². The number of rotatable bonds is 5. The molecule has 1 saturated heterocycles. The Balaban J connectivity index is 1.51. The number of likely N-dealkylation sites (tertiary alicyclic amines) is 1. The van der Waals surface area contributed by atoms with Gasteiger partial charge in [-0.05, 0) is 45.6 Å². The molecule has 0 bridgehead atoms. The van der Waals surface area contributed by atoms with Crippen molar-refractivity contribution < 1.29 is 14.1 Å². The van der Waals surface area contributed by atoms with E-state index in [1.807, 2.05) is 24.8 Å². The SMILES string of the molecule is Cc1cc(C)n(CC(=O)N2CCC[C@H](CNC(=O)c3cc(C)on3)C2)n1. The number of hydrogen-bond donors (Lipinski definition) is 1. The number of carbonyl (C=O) groups is 2. The molecule has 0 radical (unpaired) electrons. The van der Waals surface area contributed by atoms with E-state index in [1.165, 1.54) is 0 Å². The number of aromatic nitrogens is 3. The van der Waals surface area contributed by atoms with Crippen LogP contribution in [0.5, 0.6) is 0 Å². The van der Waals surface area contributed by atoms with Crippen molar-refractivity contribution in [3.8, 4) is 0 Å². The summed E-state index contributed by atoms with van der Waals surface area (Å²) < 4.78 is 6.67. The van der Waals surface area contributed by atoms with Crippen molar-refractivity contribution in [1.82, 2.24) is 25.2 Å². The van der Waals surface area contributed by atoms with Crippen molar-refractivity contribution >= 4 is 11.8 Å². The highest BCUT2D eigenvalue weighted by atomic mass is 16.5. The third kappa shape index (κ3) is 4.30. The molecule has 2 amide bonds. The van der Waals surface area contributed by atoms with E-state index < -0.39 is 0 Å².